The lowest BCUT2D eigenvalue weighted by molar-refractivity contribution is -0.154. The molecule has 1 aromatic rings. The summed E-state index contributed by atoms with van der Waals surface area (Å²) in [6.07, 6.45) is 3.47. The molecule has 1 heterocycles. The fourth-order valence-corrected chi connectivity index (χ4v) is 4.36. The van der Waals surface area contributed by atoms with Crippen LogP contribution in [-0.2, 0) is 23.9 Å². The second kappa shape index (κ2) is 10.7. The van der Waals surface area contributed by atoms with Gasteiger partial charge in [0.05, 0.1) is 23.9 Å². The van der Waals surface area contributed by atoms with Gasteiger partial charge >= 0.3 is 18.0 Å². The molecule has 0 radical (unpaired) electrons. The van der Waals surface area contributed by atoms with Crippen molar-refractivity contribution < 1.29 is 28.7 Å². The van der Waals surface area contributed by atoms with E-state index in [1.54, 1.807) is 31.2 Å². The first-order valence-electron chi connectivity index (χ1n) is 10.9. The van der Waals surface area contributed by atoms with Crippen LogP contribution in [0, 0.1) is 0 Å². The minimum atomic E-state index is -1.11. The summed E-state index contributed by atoms with van der Waals surface area (Å²) < 4.78 is 10.8. The SMILES string of the molecule is CCOC(=O)C1=C(COC(=O)C2(NC(C)=O)CCCCC2)NC(=O)NC1c1ccc(Cl)cc1. The normalized spacial score (nSPS) is 19.7. The summed E-state index contributed by atoms with van der Waals surface area (Å²) in [5.41, 5.74) is -0.243. The average Bonchev–Trinajstić information content (AvgIpc) is 2.77. The van der Waals surface area contributed by atoms with Gasteiger partial charge in [-0.1, -0.05) is 43.0 Å². The topological polar surface area (TPSA) is 123 Å². The van der Waals surface area contributed by atoms with Crippen molar-refractivity contribution in [3.8, 4) is 0 Å². The largest absolute Gasteiger partial charge is 0.463 e. The molecule has 178 valence electrons. The quantitative estimate of drug-likeness (QED) is 0.519. The summed E-state index contributed by atoms with van der Waals surface area (Å²) in [5, 5.41) is 8.53. The van der Waals surface area contributed by atoms with Gasteiger partial charge in [0.2, 0.25) is 5.91 Å². The van der Waals surface area contributed by atoms with Crippen molar-refractivity contribution in [2.24, 2.45) is 0 Å². The van der Waals surface area contributed by atoms with Crippen LogP contribution >= 0.6 is 11.6 Å². The molecule has 1 unspecified atom stereocenters. The summed E-state index contributed by atoms with van der Waals surface area (Å²) in [6, 6.07) is 5.30. The fourth-order valence-electron chi connectivity index (χ4n) is 4.24. The molecule has 9 nitrogen and oxygen atoms in total. The predicted octanol–water partition coefficient (Wildman–Crippen LogP) is 2.89. The first-order valence-corrected chi connectivity index (χ1v) is 11.3. The Morgan fingerprint density at radius 3 is 2.39 bits per heavy atom. The molecule has 3 amide bonds. The van der Waals surface area contributed by atoms with E-state index in [4.69, 9.17) is 21.1 Å². The van der Waals surface area contributed by atoms with Crippen LogP contribution in [0.15, 0.2) is 35.5 Å². The van der Waals surface area contributed by atoms with E-state index in [1.807, 2.05) is 0 Å². The standard InChI is InChI=1S/C23H28ClN3O6/c1-3-32-20(29)18-17(25-22(31)26-19(18)15-7-9-16(24)10-8-15)13-33-21(30)23(27-14(2)28)11-5-4-6-12-23/h7-10,19H,3-6,11-13H2,1-2H3,(H,27,28)(H2,25,26,31). The first-order chi connectivity index (χ1) is 15.8. The van der Waals surface area contributed by atoms with Crippen LogP contribution in [0.5, 0.6) is 0 Å². The summed E-state index contributed by atoms with van der Waals surface area (Å²) in [7, 11) is 0. The lowest BCUT2D eigenvalue weighted by Crippen LogP contribution is -2.56. The molecule has 33 heavy (non-hydrogen) atoms. The van der Waals surface area contributed by atoms with Crippen molar-refractivity contribution in [1.29, 1.82) is 0 Å². The highest BCUT2D eigenvalue weighted by molar-refractivity contribution is 6.30. The van der Waals surface area contributed by atoms with E-state index in [0.717, 1.165) is 19.3 Å². The molecule has 1 aliphatic heterocycles. The third-order valence-electron chi connectivity index (χ3n) is 5.71. The Morgan fingerprint density at radius 2 is 1.79 bits per heavy atom. The average molecular weight is 478 g/mol. The Balaban J connectivity index is 1.90. The number of halogens is 1. The fraction of sp³-hybridized carbons (Fsp3) is 0.478. The Bertz CT molecular complexity index is 953. The number of nitrogens with one attached hydrogen (secondary N) is 3. The van der Waals surface area contributed by atoms with E-state index >= 15 is 0 Å². The number of amides is 3. The number of ether oxygens (including phenoxy) is 2. The monoisotopic (exact) mass is 477 g/mol. The lowest BCUT2D eigenvalue weighted by atomic mass is 9.81. The Hall–Kier alpha value is -3.07. The molecule has 0 saturated heterocycles. The van der Waals surface area contributed by atoms with E-state index in [9.17, 15) is 19.2 Å². The van der Waals surface area contributed by atoms with Crippen molar-refractivity contribution in [2.75, 3.05) is 13.2 Å². The minimum absolute atomic E-state index is 0.124. The smallest absolute Gasteiger partial charge is 0.338 e. The number of carbonyl (C=O) groups excluding carboxylic acids is 4. The van der Waals surface area contributed by atoms with Gasteiger partial charge in [0.15, 0.2) is 0 Å². The maximum atomic E-state index is 13.1. The summed E-state index contributed by atoms with van der Waals surface area (Å²) in [6.45, 7) is 2.80. The van der Waals surface area contributed by atoms with Crippen LogP contribution in [0.2, 0.25) is 5.02 Å². The van der Waals surface area contributed by atoms with Gasteiger partial charge < -0.3 is 25.4 Å². The Morgan fingerprint density at radius 1 is 1.12 bits per heavy atom. The molecule has 1 saturated carbocycles. The molecule has 0 bridgehead atoms. The molecular weight excluding hydrogens is 450 g/mol. The molecule has 1 atom stereocenters. The van der Waals surface area contributed by atoms with Gasteiger partial charge in [-0.3, -0.25) is 4.79 Å². The molecule has 0 spiro atoms. The third kappa shape index (κ3) is 5.84. The van der Waals surface area contributed by atoms with Gasteiger partial charge in [-0.25, -0.2) is 14.4 Å². The highest BCUT2D eigenvalue weighted by Crippen LogP contribution is 2.31. The van der Waals surface area contributed by atoms with Gasteiger partial charge in [0, 0.05) is 11.9 Å². The minimum Gasteiger partial charge on any atom is -0.463 e. The van der Waals surface area contributed by atoms with Crippen LogP contribution in [0.3, 0.4) is 0 Å². The van der Waals surface area contributed by atoms with E-state index in [2.05, 4.69) is 16.0 Å². The van der Waals surface area contributed by atoms with Gasteiger partial charge in [-0.2, -0.15) is 0 Å². The van der Waals surface area contributed by atoms with Crippen LogP contribution in [0.4, 0.5) is 4.79 Å². The molecule has 3 rings (SSSR count). The summed E-state index contributed by atoms with van der Waals surface area (Å²) in [5.74, 6) is -1.56. The highest BCUT2D eigenvalue weighted by atomic mass is 35.5. The molecule has 2 aliphatic rings. The first kappa shape index (κ1) is 24.6. The summed E-state index contributed by atoms with van der Waals surface area (Å²) >= 11 is 5.97. The maximum absolute atomic E-state index is 13.1. The molecular formula is C23H28ClN3O6. The zero-order valence-corrected chi connectivity index (χ0v) is 19.4. The highest BCUT2D eigenvalue weighted by Gasteiger charge is 2.42. The van der Waals surface area contributed by atoms with Gasteiger partial charge in [0.1, 0.15) is 12.1 Å². The second-order valence-corrected chi connectivity index (χ2v) is 8.53. The van der Waals surface area contributed by atoms with Gasteiger partial charge in [-0.05, 0) is 37.5 Å². The van der Waals surface area contributed by atoms with Crippen LogP contribution < -0.4 is 16.0 Å². The maximum Gasteiger partial charge on any atom is 0.338 e. The Labute approximate surface area is 197 Å². The number of benzene rings is 1. The van der Waals surface area contributed by atoms with Crippen molar-refractivity contribution in [2.45, 2.75) is 57.5 Å². The van der Waals surface area contributed by atoms with Crippen molar-refractivity contribution in [3.63, 3.8) is 0 Å². The molecule has 1 fully saturated rings. The zero-order valence-electron chi connectivity index (χ0n) is 18.7. The van der Waals surface area contributed by atoms with Crippen molar-refractivity contribution in [3.05, 3.63) is 46.1 Å². The number of esters is 2. The van der Waals surface area contributed by atoms with Gasteiger partial charge in [-0.15, -0.1) is 0 Å². The van der Waals surface area contributed by atoms with Crippen molar-refractivity contribution >= 4 is 35.5 Å². The van der Waals surface area contributed by atoms with E-state index in [1.165, 1.54) is 6.92 Å². The van der Waals surface area contributed by atoms with E-state index in [-0.39, 0.29) is 30.4 Å². The van der Waals surface area contributed by atoms with Crippen LogP contribution in [-0.4, -0.2) is 42.6 Å². The predicted molar refractivity (Wildman–Crippen MR) is 120 cm³/mol. The number of carbonyl (C=O) groups is 4. The van der Waals surface area contributed by atoms with E-state index < -0.39 is 29.6 Å². The number of hydrogen-bond acceptors (Lipinski definition) is 6. The zero-order chi connectivity index (χ0) is 24.0. The van der Waals surface area contributed by atoms with Crippen LogP contribution in [0.25, 0.3) is 0 Å². The molecule has 3 N–H and O–H groups in total. The lowest BCUT2D eigenvalue weighted by Gasteiger charge is -2.36. The van der Waals surface area contributed by atoms with Crippen LogP contribution in [0.1, 0.15) is 57.6 Å². The number of urea groups is 1. The number of hydrogen-bond donors (Lipinski definition) is 3. The molecule has 0 aromatic heterocycles. The molecule has 10 heteroatoms. The van der Waals surface area contributed by atoms with Crippen molar-refractivity contribution in [1.82, 2.24) is 16.0 Å². The third-order valence-corrected chi connectivity index (χ3v) is 5.97. The van der Waals surface area contributed by atoms with Gasteiger partial charge in [0.25, 0.3) is 0 Å². The van der Waals surface area contributed by atoms with E-state index in [0.29, 0.717) is 23.4 Å². The Kier molecular flexibility index (Phi) is 7.97. The molecule has 1 aromatic carbocycles. The summed E-state index contributed by atoms with van der Waals surface area (Å²) in [4.78, 5) is 50.0. The molecule has 1 aliphatic carbocycles. The second-order valence-electron chi connectivity index (χ2n) is 8.10. The number of rotatable bonds is 7.